The van der Waals surface area contributed by atoms with Crippen LogP contribution in [0.1, 0.15) is 0 Å². The van der Waals surface area contributed by atoms with Crippen LogP contribution in [0.25, 0.3) is 0 Å². The SMILES string of the molecule is C#CC1CN(C)S(=O)(=O)O1. The normalized spacial score (nSPS) is 31.8. The summed E-state index contributed by atoms with van der Waals surface area (Å²) in [7, 11) is -2.07. The Hall–Kier alpha value is -0.570. The Kier molecular flexibility index (Phi) is 1.68. The average molecular weight is 161 g/mol. The van der Waals surface area contributed by atoms with Gasteiger partial charge >= 0.3 is 10.3 Å². The van der Waals surface area contributed by atoms with Crippen LogP contribution in [0.15, 0.2) is 0 Å². The Bertz CT molecular complexity index is 263. The molecule has 1 rings (SSSR count). The molecule has 0 bridgehead atoms. The van der Waals surface area contributed by atoms with Crippen LogP contribution in [0.4, 0.5) is 0 Å². The topological polar surface area (TPSA) is 46.6 Å². The van der Waals surface area contributed by atoms with Gasteiger partial charge in [-0.15, -0.1) is 6.42 Å². The predicted octanol–water partition coefficient (Wildman–Crippen LogP) is -0.805. The van der Waals surface area contributed by atoms with E-state index in [4.69, 9.17) is 6.42 Å². The number of terminal acetylenes is 1. The minimum Gasteiger partial charge on any atom is -0.240 e. The zero-order valence-corrected chi connectivity index (χ0v) is 6.26. The molecule has 5 heteroatoms. The summed E-state index contributed by atoms with van der Waals surface area (Å²) in [5.41, 5.74) is 0. The second kappa shape index (κ2) is 2.23. The summed E-state index contributed by atoms with van der Waals surface area (Å²) in [6.07, 6.45) is 4.34. The third kappa shape index (κ3) is 1.14. The quantitative estimate of drug-likeness (QED) is 0.437. The monoisotopic (exact) mass is 161 g/mol. The van der Waals surface area contributed by atoms with Crippen molar-refractivity contribution >= 4 is 10.3 Å². The molecule has 4 nitrogen and oxygen atoms in total. The first-order valence-corrected chi connectivity index (χ1v) is 4.03. The first-order valence-electron chi connectivity index (χ1n) is 2.67. The summed E-state index contributed by atoms with van der Waals surface area (Å²) in [5, 5.41) is 0. The highest BCUT2D eigenvalue weighted by Crippen LogP contribution is 2.13. The van der Waals surface area contributed by atoms with Crippen molar-refractivity contribution in [1.82, 2.24) is 4.31 Å². The van der Waals surface area contributed by atoms with Crippen LogP contribution in [0, 0.1) is 12.3 Å². The molecule has 1 aliphatic heterocycles. The fourth-order valence-electron chi connectivity index (χ4n) is 0.656. The summed E-state index contributed by atoms with van der Waals surface area (Å²) in [5.74, 6) is 2.21. The summed E-state index contributed by atoms with van der Waals surface area (Å²) < 4.78 is 27.0. The standard InChI is InChI=1S/C5H7NO3S/c1-3-5-4-6(2)10(7,8)9-5/h1,5H,4H2,2H3. The Labute approximate surface area is 60.0 Å². The van der Waals surface area contributed by atoms with Gasteiger partial charge in [0.05, 0.1) is 6.54 Å². The summed E-state index contributed by atoms with van der Waals surface area (Å²) in [4.78, 5) is 0. The van der Waals surface area contributed by atoms with Gasteiger partial charge in [0.15, 0.2) is 6.10 Å². The predicted molar refractivity (Wildman–Crippen MR) is 35.3 cm³/mol. The van der Waals surface area contributed by atoms with Crippen molar-refractivity contribution in [2.75, 3.05) is 13.6 Å². The Morgan fingerprint density at radius 2 is 2.40 bits per heavy atom. The van der Waals surface area contributed by atoms with E-state index in [0.29, 0.717) is 0 Å². The molecule has 10 heavy (non-hydrogen) atoms. The minimum absolute atomic E-state index is 0.249. The summed E-state index contributed by atoms with van der Waals surface area (Å²) in [6, 6.07) is 0. The second-order valence-corrected chi connectivity index (χ2v) is 3.66. The lowest BCUT2D eigenvalue weighted by atomic mass is 10.4. The van der Waals surface area contributed by atoms with Crippen molar-refractivity contribution in [1.29, 1.82) is 0 Å². The molecule has 1 fully saturated rings. The van der Waals surface area contributed by atoms with Gasteiger partial charge in [-0.2, -0.15) is 12.7 Å². The second-order valence-electron chi connectivity index (χ2n) is 1.99. The molecular formula is C5H7NO3S. The minimum atomic E-state index is -3.50. The number of nitrogens with zero attached hydrogens (tertiary/aromatic N) is 1. The molecule has 1 aliphatic rings. The molecule has 0 aromatic heterocycles. The van der Waals surface area contributed by atoms with Gasteiger partial charge in [-0.25, -0.2) is 4.18 Å². The molecule has 0 aromatic rings. The van der Waals surface area contributed by atoms with E-state index in [-0.39, 0.29) is 6.54 Å². The van der Waals surface area contributed by atoms with Gasteiger partial charge in [-0.1, -0.05) is 5.92 Å². The highest BCUT2D eigenvalue weighted by Gasteiger charge is 2.32. The summed E-state index contributed by atoms with van der Waals surface area (Å²) in [6.45, 7) is 0.249. The molecule has 0 N–H and O–H groups in total. The maximum atomic E-state index is 10.7. The largest absolute Gasteiger partial charge is 0.339 e. The zero-order valence-electron chi connectivity index (χ0n) is 5.44. The third-order valence-electron chi connectivity index (χ3n) is 1.23. The molecule has 1 heterocycles. The Morgan fingerprint density at radius 1 is 1.80 bits per heavy atom. The number of hydrogen-bond donors (Lipinski definition) is 0. The van der Waals surface area contributed by atoms with Gasteiger partial charge in [0.2, 0.25) is 0 Å². The van der Waals surface area contributed by atoms with Gasteiger partial charge in [-0.3, -0.25) is 0 Å². The maximum absolute atomic E-state index is 10.7. The molecule has 0 amide bonds. The fraction of sp³-hybridized carbons (Fsp3) is 0.600. The van der Waals surface area contributed by atoms with E-state index in [0.717, 1.165) is 4.31 Å². The molecule has 0 aliphatic carbocycles. The molecule has 1 unspecified atom stereocenters. The molecule has 1 saturated heterocycles. The van der Waals surface area contributed by atoms with Gasteiger partial charge in [0, 0.05) is 7.05 Å². The zero-order chi connectivity index (χ0) is 7.78. The highest BCUT2D eigenvalue weighted by molar-refractivity contribution is 7.84. The van der Waals surface area contributed by atoms with Crippen molar-refractivity contribution in [3.63, 3.8) is 0 Å². The summed E-state index contributed by atoms with van der Waals surface area (Å²) >= 11 is 0. The molecular weight excluding hydrogens is 154 g/mol. The van der Waals surface area contributed by atoms with Crippen LogP contribution >= 0.6 is 0 Å². The van der Waals surface area contributed by atoms with Crippen LogP contribution < -0.4 is 0 Å². The van der Waals surface area contributed by atoms with Gasteiger partial charge in [0.25, 0.3) is 0 Å². The Balaban J connectivity index is 2.84. The lowest BCUT2D eigenvalue weighted by Gasteiger charge is -1.99. The lowest BCUT2D eigenvalue weighted by molar-refractivity contribution is 0.305. The van der Waals surface area contributed by atoms with E-state index in [1.54, 1.807) is 0 Å². The van der Waals surface area contributed by atoms with Crippen LogP contribution in [-0.4, -0.2) is 32.4 Å². The molecule has 0 saturated carbocycles. The molecule has 1 atom stereocenters. The van der Waals surface area contributed by atoms with Crippen LogP contribution in [0.3, 0.4) is 0 Å². The van der Waals surface area contributed by atoms with Gasteiger partial charge < -0.3 is 0 Å². The van der Waals surface area contributed by atoms with Crippen molar-refractivity contribution < 1.29 is 12.6 Å². The molecule has 0 radical (unpaired) electrons. The lowest BCUT2D eigenvalue weighted by Crippen LogP contribution is -2.20. The van der Waals surface area contributed by atoms with E-state index in [1.807, 2.05) is 0 Å². The average Bonchev–Trinajstić information content (AvgIpc) is 2.08. The van der Waals surface area contributed by atoms with Crippen molar-refractivity contribution in [3.05, 3.63) is 0 Å². The van der Waals surface area contributed by atoms with Gasteiger partial charge in [0.1, 0.15) is 0 Å². The van der Waals surface area contributed by atoms with E-state index in [2.05, 4.69) is 10.1 Å². The Morgan fingerprint density at radius 3 is 2.60 bits per heavy atom. The first-order chi connectivity index (χ1) is 4.56. The smallest absolute Gasteiger partial charge is 0.240 e. The fourth-order valence-corrected chi connectivity index (χ4v) is 1.53. The highest BCUT2D eigenvalue weighted by atomic mass is 32.2. The van der Waals surface area contributed by atoms with E-state index < -0.39 is 16.4 Å². The van der Waals surface area contributed by atoms with Crippen molar-refractivity contribution in [2.24, 2.45) is 0 Å². The number of likely N-dealkylation sites (N-methyl/N-ethyl adjacent to an activating group) is 1. The first kappa shape index (κ1) is 7.54. The van der Waals surface area contributed by atoms with Gasteiger partial charge in [-0.05, 0) is 0 Å². The van der Waals surface area contributed by atoms with Crippen LogP contribution in [-0.2, 0) is 14.5 Å². The number of rotatable bonds is 0. The molecule has 0 aromatic carbocycles. The van der Waals surface area contributed by atoms with E-state index in [1.165, 1.54) is 7.05 Å². The van der Waals surface area contributed by atoms with Crippen molar-refractivity contribution in [2.45, 2.75) is 6.10 Å². The maximum Gasteiger partial charge on any atom is 0.339 e. The van der Waals surface area contributed by atoms with Crippen LogP contribution in [0.2, 0.25) is 0 Å². The molecule has 0 spiro atoms. The van der Waals surface area contributed by atoms with Crippen LogP contribution in [0.5, 0.6) is 0 Å². The van der Waals surface area contributed by atoms with Crippen molar-refractivity contribution in [3.8, 4) is 12.3 Å². The number of hydrogen-bond acceptors (Lipinski definition) is 3. The third-order valence-corrected chi connectivity index (χ3v) is 2.62. The molecule has 56 valence electrons. The van der Waals surface area contributed by atoms with E-state index in [9.17, 15) is 8.42 Å². The van der Waals surface area contributed by atoms with E-state index >= 15 is 0 Å².